The molecule has 6 heteroatoms. The van der Waals surface area contributed by atoms with Gasteiger partial charge in [0.15, 0.2) is 0 Å². The molecular weight excluding hydrogens is 324 g/mol. The third kappa shape index (κ3) is 4.33. The SMILES string of the molecule is O=C(CCc1ccco1)Nc1cccc(NC(=O)c2cccs2)c1. The number of hydrogen-bond acceptors (Lipinski definition) is 4. The van der Waals surface area contributed by atoms with Crippen LogP contribution in [-0.4, -0.2) is 11.8 Å². The highest BCUT2D eigenvalue weighted by Crippen LogP contribution is 2.18. The van der Waals surface area contributed by atoms with Crippen LogP contribution in [0.5, 0.6) is 0 Å². The number of aryl methyl sites for hydroxylation is 1. The van der Waals surface area contributed by atoms with Gasteiger partial charge in [0, 0.05) is 24.2 Å². The van der Waals surface area contributed by atoms with Crippen LogP contribution in [0.1, 0.15) is 21.9 Å². The molecule has 0 atom stereocenters. The summed E-state index contributed by atoms with van der Waals surface area (Å²) in [5.74, 6) is 0.515. The summed E-state index contributed by atoms with van der Waals surface area (Å²) in [7, 11) is 0. The quantitative estimate of drug-likeness (QED) is 0.707. The number of hydrogen-bond donors (Lipinski definition) is 2. The minimum Gasteiger partial charge on any atom is -0.469 e. The Balaban J connectivity index is 1.56. The van der Waals surface area contributed by atoms with Crippen LogP contribution in [0.2, 0.25) is 0 Å². The number of anilines is 2. The molecule has 24 heavy (non-hydrogen) atoms. The predicted molar refractivity (Wildman–Crippen MR) is 94.4 cm³/mol. The maximum atomic E-state index is 12.0. The lowest BCUT2D eigenvalue weighted by Crippen LogP contribution is -2.13. The lowest BCUT2D eigenvalue weighted by Gasteiger charge is -2.08. The Morgan fingerprint density at radius 3 is 2.54 bits per heavy atom. The first-order valence-corrected chi connectivity index (χ1v) is 8.36. The van der Waals surface area contributed by atoms with Crippen molar-refractivity contribution < 1.29 is 14.0 Å². The summed E-state index contributed by atoms with van der Waals surface area (Å²) in [6, 6.07) is 14.3. The standard InChI is InChI=1S/C18H16N2O3S/c21-17(9-8-15-6-2-10-23-15)19-13-4-1-5-14(12-13)20-18(22)16-7-3-11-24-16/h1-7,10-12H,8-9H2,(H,19,21)(H,20,22). The second-order valence-electron chi connectivity index (χ2n) is 5.14. The molecule has 0 aliphatic carbocycles. The summed E-state index contributed by atoms with van der Waals surface area (Å²) < 4.78 is 5.21. The average Bonchev–Trinajstić information content (AvgIpc) is 3.27. The highest BCUT2D eigenvalue weighted by molar-refractivity contribution is 7.12. The summed E-state index contributed by atoms with van der Waals surface area (Å²) in [5.41, 5.74) is 1.28. The Hall–Kier alpha value is -2.86. The van der Waals surface area contributed by atoms with E-state index in [1.807, 2.05) is 17.5 Å². The van der Waals surface area contributed by atoms with Gasteiger partial charge in [-0.1, -0.05) is 12.1 Å². The molecule has 1 aromatic carbocycles. The summed E-state index contributed by atoms with van der Waals surface area (Å²) in [6.07, 6.45) is 2.47. The van der Waals surface area contributed by atoms with Gasteiger partial charge in [-0.2, -0.15) is 0 Å². The molecule has 122 valence electrons. The van der Waals surface area contributed by atoms with E-state index < -0.39 is 0 Å². The van der Waals surface area contributed by atoms with E-state index in [2.05, 4.69) is 10.6 Å². The topological polar surface area (TPSA) is 71.3 Å². The summed E-state index contributed by atoms with van der Waals surface area (Å²) in [6.45, 7) is 0. The van der Waals surface area contributed by atoms with Crippen LogP contribution in [0.3, 0.4) is 0 Å². The van der Waals surface area contributed by atoms with E-state index in [1.54, 1.807) is 42.7 Å². The maximum absolute atomic E-state index is 12.0. The van der Waals surface area contributed by atoms with E-state index >= 15 is 0 Å². The van der Waals surface area contributed by atoms with Gasteiger partial charge in [-0.05, 0) is 41.8 Å². The van der Waals surface area contributed by atoms with E-state index in [9.17, 15) is 9.59 Å². The molecule has 0 spiro atoms. The van der Waals surface area contributed by atoms with Crippen molar-refractivity contribution in [3.63, 3.8) is 0 Å². The van der Waals surface area contributed by atoms with Gasteiger partial charge in [-0.15, -0.1) is 11.3 Å². The average molecular weight is 340 g/mol. The smallest absolute Gasteiger partial charge is 0.265 e. The van der Waals surface area contributed by atoms with Crippen LogP contribution >= 0.6 is 11.3 Å². The summed E-state index contributed by atoms with van der Waals surface area (Å²) in [5, 5.41) is 7.49. The Bertz CT molecular complexity index is 811. The molecular formula is C18H16N2O3S. The van der Waals surface area contributed by atoms with Gasteiger partial charge in [-0.3, -0.25) is 9.59 Å². The number of carbonyl (C=O) groups excluding carboxylic acids is 2. The van der Waals surface area contributed by atoms with Crippen LogP contribution in [-0.2, 0) is 11.2 Å². The van der Waals surface area contributed by atoms with Crippen molar-refractivity contribution in [2.24, 2.45) is 0 Å². The lowest BCUT2D eigenvalue weighted by molar-refractivity contribution is -0.116. The molecule has 0 aliphatic rings. The third-order valence-electron chi connectivity index (χ3n) is 3.33. The number of nitrogens with one attached hydrogen (secondary N) is 2. The number of thiophene rings is 1. The molecule has 2 heterocycles. The van der Waals surface area contributed by atoms with Gasteiger partial charge < -0.3 is 15.1 Å². The number of rotatable bonds is 6. The fourth-order valence-electron chi connectivity index (χ4n) is 2.19. The first-order chi connectivity index (χ1) is 11.7. The number of amides is 2. The van der Waals surface area contributed by atoms with Gasteiger partial charge in [0.2, 0.25) is 5.91 Å². The van der Waals surface area contributed by atoms with Crippen molar-refractivity contribution in [1.82, 2.24) is 0 Å². The largest absolute Gasteiger partial charge is 0.469 e. The van der Waals surface area contributed by atoms with Crippen molar-refractivity contribution in [3.8, 4) is 0 Å². The van der Waals surface area contributed by atoms with Crippen molar-refractivity contribution in [2.45, 2.75) is 12.8 Å². The van der Waals surface area contributed by atoms with Gasteiger partial charge >= 0.3 is 0 Å². The fourth-order valence-corrected chi connectivity index (χ4v) is 2.81. The normalized spacial score (nSPS) is 10.3. The maximum Gasteiger partial charge on any atom is 0.265 e. The molecule has 0 saturated carbocycles. The van der Waals surface area contributed by atoms with E-state index in [-0.39, 0.29) is 11.8 Å². The summed E-state index contributed by atoms with van der Waals surface area (Å²) in [4.78, 5) is 24.7. The molecule has 0 bridgehead atoms. The Kier molecular flexibility index (Phi) is 5.08. The van der Waals surface area contributed by atoms with Crippen molar-refractivity contribution in [1.29, 1.82) is 0 Å². The molecule has 0 saturated heterocycles. The molecule has 5 nitrogen and oxygen atoms in total. The second kappa shape index (κ2) is 7.61. The first kappa shape index (κ1) is 16.0. The van der Waals surface area contributed by atoms with Crippen molar-refractivity contribution >= 4 is 34.5 Å². The highest BCUT2D eigenvalue weighted by Gasteiger charge is 2.08. The minimum atomic E-state index is -0.161. The zero-order chi connectivity index (χ0) is 16.8. The van der Waals surface area contributed by atoms with Gasteiger partial charge in [0.05, 0.1) is 11.1 Å². The molecule has 2 amide bonds. The van der Waals surface area contributed by atoms with Gasteiger partial charge in [-0.25, -0.2) is 0 Å². The third-order valence-corrected chi connectivity index (χ3v) is 4.20. The predicted octanol–water partition coefficient (Wildman–Crippen LogP) is 4.16. The van der Waals surface area contributed by atoms with Crippen molar-refractivity contribution in [2.75, 3.05) is 10.6 Å². The molecule has 3 aromatic rings. The molecule has 2 N–H and O–H groups in total. The lowest BCUT2D eigenvalue weighted by atomic mass is 10.2. The molecule has 0 aliphatic heterocycles. The van der Waals surface area contributed by atoms with Gasteiger partial charge in [0.25, 0.3) is 5.91 Å². The zero-order valence-corrected chi connectivity index (χ0v) is 13.6. The Morgan fingerprint density at radius 1 is 1.00 bits per heavy atom. The molecule has 0 fully saturated rings. The van der Waals surface area contributed by atoms with Crippen LogP contribution in [0.4, 0.5) is 11.4 Å². The van der Waals surface area contributed by atoms with Crippen LogP contribution in [0.15, 0.2) is 64.6 Å². The molecule has 2 aromatic heterocycles. The first-order valence-electron chi connectivity index (χ1n) is 7.48. The molecule has 0 unspecified atom stereocenters. The minimum absolute atomic E-state index is 0.104. The molecule has 0 radical (unpaired) electrons. The Morgan fingerprint density at radius 2 is 1.83 bits per heavy atom. The number of furan rings is 1. The van der Waals surface area contributed by atoms with Crippen LogP contribution in [0.25, 0.3) is 0 Å². The van der Waals surface area contributed by atoms with Gasteiger partial charge in [0.1, 0.15) is 5.76 Å². The van der Waals surface area contributed by atoms with E-state index in [0.717, 1.165) is 5.76 Å². The molecule has 3 rings (SSSR count). The van der Waals surface area contributed by atoms with Crippen LogP contribution < -0.4 is 10.6 Å². The number of benzene rings is 1. The fraction of sp³-hybridized carbons (Fsp3) is 0.111. The second-order valence-corrected chi connectivity index (χ2v) is 6.09. The summed E-state index contributed by atoms with van der Waals surface area (Å²) >= 11 is 1.38. The van der Waals surface area contributed by atoms with Crippen LogP contribution in [0, 0.1) is 0 Å². The highest BCUT2D eigenvalue weighted by atomic mass is 32.1. The Labute approximate surface area is 143 Å². The van der Waals surface area contributed by atoms with E-state index in [1.165, 1.54) is 11.3 Å². The monoisotopic (exact) mass is 340 g/mol. The van der Waals surface area contributed by atoms with Crippen molar-refractivity contribution in [3.05, 3.63) is 70.8 Å². The van der Waals surface area contributed by atoms with E-state index in [4.69, 9.17) is 4.42 Å². The number of carbonyl (C=O) groups is 2. The van der Waals surface area contributed by atoms with E-state index in [0.29, 0.717) is 29.1 Å². The zero-order valence-electron chi connectivity index (χ0n) is 12.8.